The highest BCUT2D eigenvalue weighted by Gasteiger charge is 2.06. The minimum absolute atomic E-state index is 0.326. The van der Waals surface area contributed by atoms with E-state index in [-0.39, 0.29) is 0 Å². The molecule has 3 nitrogen and oxygen atoms in total. The summed E-state index contributed by atoms with van der Waals surface area (Å²) in [5.41, 5.74) is 0.881. The second-order valence-corrected chi connectivity index (χ2v) is 7.33. The summed E-state index contributed by atoms with van der Waals surface area (Å²) in [6.45, 7) is 0.676. The molecule has 18 heavy (non-hydrogen) atoms. The fourth-order valence-corrected chi connectivity index (χ4v) is 3.10. The van der Waals surface area contributed by atoms with Gasteiger partial charge in [-0.1, -0.05) is 11.6 Å². The highest BCUT2D eigenvalue weighted by atomic mass is 35.5. The van der Waals surface area contributed by atoms with Gasteiger partial charge in [0.1, 0.15) is 0 Å². The van der Waals surface area contributed by atoms with Crippen molar-refractivity contribution in [3.8, 4) is 0 Å². The van der Waals surface area contributed by atoms with Gasteiger partial charge in [-0.05, 0) is 30.3 Å². The third-order valence-corrected chi connectivity index (χ3v) is 4.78. The van der Waals surface area contributed by atoms with Crippen LogP contribution in [0.4, 0.5) is 5.69 Å². The first kappa shape index (κ1) is 13.4. The molecule has 1 N–H and O–H groups in total. The molecule has 1 heterocycles. The predicted octanol–water partition coefficient (Wildman–Crippen LogP) is 3.42. The number of hydrogen-bond donors (Lipinski definition) is 1. The summed E-state index contributed by atoms with van der Waals surface area (Å²) in [4.78, 5) is 1.46. The molecule has 1 aromatic heterocycles. The van der Waals surface area contributed by atoms with E-state index in [0.29, 0.717) is 11.4 Å². The zero-order valence-corrected chi connectivity index (χ0v) is 12.1. The maximum atomic E-state index is 11.3. The summed E-state index contributed by atoms with van der Waals surface area (Å²) in [5.74, 6) is 0. The summed E-state index contributed by atoms with van der Waals surface area (Å²) in [7, 11) is -3.13. The van der Waals surface area contributed by atoms with Crippen molar-refractivity contribution in [2.45, 2.75) is 11.4 Å². The van der Waals surface area contributed by atoms with Gasteiger partial charge in [-0.15, -0.1) is 11.3 Å². The third-order valence-electron chi connectivity index (χ3n) is 2.37. The van der Waals surface area contributed by atoms with E-state index in [1.807, 2.05) is 11.4 Å². The van der Waals surface area contributed by atoms with Crippen molar-refractivity contribution in [3.63, 3.8) is 0 Å². The monoisotopic (exact) mass is 301 g/mol. The average molecular weight is 302 g/mol. The van der Waals surface area contributed by atoms with Crippen molar-refractivity contribution < 1.29 is 8.42 Å². The first-order valence-electron chi connectivity index (χ1n) is 5.22. The molecule has 0 atom stereocenters. The zero-order chi connectivity index (χ0) is 13.2. The molecule has 0 spiro atoms. The number of anilines is 1. The molecule has 0 aliphatic rings. The molecule has 2 rings (SSSR count). The highest BCUT2D eigenvalue weighted by Crippen LogP contribution is 2.21. The largest absolute Gasteiger partial charge is 0.380 e. The van der Waals surface area contributed by atoms with Crippen LogP contribution in [0, 0.1) is 0 Å². The van der Waals surface area contributed by atoms with E-state index < -0.39 is 9.84 Å². The number of sulfone groups is 1. The lowest BCUT2D eigenvalue weighted by Gasteiger charge is -2.05. The fraction of sp³-hybridized carbons (Fsp3) is 0.167. The van der Waals surface area contributed by atoms with Crippen LogP contribution in [0.25, 0.3) is 0 Å². The maximum Gasteiger partial charge on any atom is 0.175 e. The highest BCUT2D eigenvalue weighted by molar-refractivity contribution is 7.90. The number of thiophene rings is 1. The molecular weight excluding hydrogens is 290 g/mol. The minimum Gasteiger partial charge on any atom is -0.380 e. The van der Waals surface area contributed by atoms with Gasteiger partial charge in [0.05, 0.1) is 9.92 Å². The van der Waals surface area contributed by atoms with Crippen LogP contribution in [0.1, 0.15) is 4.88 Å². The molecule has 96 valence electrons. The van der Waals surface area contributed by atoms with E-state index in [0.717, 1.165) is 15.6 Å². The summed E-state index contributed by atoms with van der Waals surface area (Å²) in [6.07, 6.45) is 1.20. The standard InChI is InChI=1S/C12H12ClNO2S2/c1-18(15,16)12-4-2-10(3-5-12)14-7-11-6-9(13)8-17-11/h2-6,8,14H,7H2,1H3. The topological polar surface area (TPSA) is 46.2 Å². The Morgan fingerprint density at radius 2 is 1.94 bits per heavy atom. The molecule has 1 aromatic carbocycles. The smallest absolute Gasteiger partial charge is 0.175 e. The first-order chi connectivity index (χ1) is 8.45. The Morgan fingerprint density at radius 1 is 1.28 bits per heavy atom. The third kappa shape index (κ3) is 3.48. The molecule has 0 bridgehead atoms. The van der Waals surface area contributed by atoms with Crippen molar-refractivity contribution >= 4 is 38.5 Å². The van der Waals surface area contributed by atoms with Gasteiger partial charge >= 0.3 is 0 Å². The molecule has 6 heteroatoms. The minimum atomic E-state index is -3.13. The van der Waals surface area contributed by atoms with Gasteiger partial charge < -0.3 is 5.32 Å². The van der Waals surface area contributed by atoms with Crippen LogP contribution in [0.3, 0.4) is 0 Å². The average Bonchev–Trinajstić information content (AvgIpc) is 2.72. The van der Waals surface area contributed by atoms with Crippen LogP contribution in [0.15, 0.2) is 40.6 Å². The Balaban J connectivity index is 2.03. The number of benzene rings is 1. The molecule has 0 aliphatic heterocycles. The maximum absolute atomic E-state index is 11.3. The molecule has 0 saturated heterocycles. The molecule has 0 saturated carbocycles. The van der Waals surface area contributed by atoms with E-state index >= 15 is 0 Å². The number of rotatable bonds is 4. The van der Waals surface area contributed by atoms with Gasteiger partial charge in [0.2, 0.25) is 0 Å². The van der Waals surface area contributed by atoms with E-state index in [9.17, 15) is 8.42 Å². The SMILES string of the molecule is CS(=O)(=O)c1ccc(NCc2cc(Cl)cs2)cc1. The Labute approximate surface area is 115 Å². The Bertz CT molecular complexity index is 632. The normalized spacial score (nSPS) is 11.4. The summed E-state index contributed by atoms with van der Waals surface area (Å²) < 4.78 is 22.6. The van der Waals surface area contributed by atoms with Crippen molar-refractivity contribution in [2.24, 2.45) is 0 Å². The molecule has 0 amide bonds. The summed E-state index contributed by atoms with van der Waals surface area (Å²) in [6, 6.07) is 8.61. The molecule has 0 unspecified atom stereocenters. The van der Waals surface area contributed by atoms with Gasteiger partial charge in [0, 0.05) is 28.7 Å². The van der Waals surface area contributed by atoms with Gasteiger partial charge in [-0.2, -0.15) is 0 Å². The molecule has 0 radical (unpaired) electrons. The van der Waals surface area contributed by atoms with Crippen LogP contribution in [0.5, 0.6) is 0 Å². The van der Waals surface area contributed by atoms with Crippen molar-refractivity contribution in [2.75, 3.05) is 11.6 Å². The van der Waals surface area contributed by atoms with Crippen LogP contribution in [0.2, 0.25) is 5.02 Å². The summed E-state index contributed by atoms with van der Waals surface area (Å²) in [5, 5.41) is 5.83. The number of halogens is 1. The van der Waals surface area contributed by atoms with Crippen LogP contribution < -0.4 is 5.32 Å². The van der Waals surface area contributed by atoms with Crippen molar-refractivity contribution in [1.29, 1.82) is 0 Å². The van der Waals surface area contributed by atoms with Gasteiger partial charge in [0.25, 0.3) is 0 Å². The molecule has 0 aliphatic carbocycles. The summed E-state index contributed by atoms with van der Waals surface area (Å²) >= 11 is 7.41. The first-order valence-corrected chi connectivity index (χ1v) is 8.37. The fourth-order valence-electron chi connectivity index (χ4n) is 1.46. The lowest BCUT2D eigenvalue weighted by Crippen LogP contribution is -1.99. The van der Waals surface area contributed by atoms with Crippen molar-refractivity contribution in [3.05, 3.63) is 45.6 Å². The number of hydrogen-bond acceptors (Lipinski definition) is 4. The Hall–Kier alpha value is -1.04. The molecule has 0 fully saturated rings. The quantitative estimate of drug-likeness (QED) is 0.941. The predicted molar refractivity (Wildman–Crippen MR) is 76.2 cm³/mol. The Kier molecular flexibility index (Phi) is 3.94. The van der Waals surface area contributed by atoms with Crippen molar-refractivity contribution in [1.82, 2.24) is 0 Å². The zero-order valence-electron chi connectivity index (χ0n) is 9.68. The molecule has 2 aromatic rings. The number of nitrogens with one attached hydrogen (secondary N) is 1. The second kappa shape index (κ2) is 5.30. The lowest BCUT2D eigenvalue weighted by atomic mass is 10.3. The van der Waals surface area contributed by atoms with E-state index in [1.165, 1.54) is 6.26 Å². The lowest BCUT2D eigenvalue weighted by molar-refractivity contribution is 0.602. The van der Waals surface area contributed by atoms with Gasteiger partial charge in [-0.3, -0.25) is 0 Å². The van der Waals surface area contributed by atoms with E-state index in [2.05, 4.69) is 5.32 Å². The molecular formula is C12H12ClNO2S2. The van der Waals surface area contributed by atoms with Gasteiger partial charge in [0.15, 0.2) is 9.84 Å². The van der Waals surface area contributed by atoms with E-state index in [4.69, 9.17) is 11.6 Å². The van der Waals surface area contributed by atoms with Gasteiger partial charge in [-0.25, -0.2) is 8.42 Å². The van der Waals surface area contributed by atoms with Crippen LogP contribution >= 0.6 is 22.9 Å². The second-order valence-electron chi connectivity index (χ2n) is 3.88. The Morgan fingerprint density at radius 3 is 2.44 bits per heavy atom. The van der Waals surface area contributed by atoms with Crippen LogP contribution in [-0.2, 0) is 16.4 Å². The van der Waals surface area contributed by atoms with E-state index in [1.54, 1.807) is 35.6 Å². The van der Waals surface area contributed by atoms with Crippen LogP contribution in [-0.4, -0.2) is 14.7 Å².